The summed E-state index contributed by atoms with van der Waals surface area (Å²) >= 11 is 0. The number of hydrogen-bond acceptors (Lipinski definition) is 4. The molecule has 0 atom stereocenters. The first-order chi connectivity index (χ1) is 13.6. The van der Waals surface area contributed by atoms with Gasteiger partial charge in [-0.05, 0) is 66.5 Å². The molecule has 0 radical (unpaired) electrons. The van der Waals surface area contributed by atoms with Crippen molar-refractivity contribution in [3.63, 3.8) is 0 Å². The molecule has 0 unspecified atom stereocenters. The number of urea groups is 1. The Hall–Kier alpha value is -2.60. The Morgan fingerprint density at radius 1 is 1.07 bits per heavy atom. The van der Waals surface area contributed by atoms with Gasteiger partial charge < -0.3 is 20.1 Å². The summed E-state index contributed by atoms with van der Waals surface area (Å²) in [7, 11) is 1.64. The molecule has 2 fully saturated rings. The highest BCUT2D eigenvalue weighted by atomic mass is 16.5. The van der Waals surface area contributed by atoms with E-state index < -0.39 is 0 Å². The van der Waals surface area contributed by atoms with Crippen LogP contribution in [0.15, 0.2) is 48.8 Å². The smallest absolute Gasteiger partial charge is 0.315 e. The number of carbonyl (C=O) groups excluding carboxylic acids is 1. The number of amides is 2. The molecule has 2 N–H and O–H groups in total. The van der Waals surface area contributed by atoms with Crippen molar-refractivity contribution in [1.82, 2.24) is 15.6 Å². The lowest BCUT2D eigenvalue weighted by Crippen LogP contribution is -2.59. The fourth-order valence-corrected chi connectivity index (χ4v) is 4.30. The summed E-state index contributed by atoms with van der Waals surface area (Å²) in [6.07, 6.45) is 8.24. The number of nitrogens with one attached hydrogen (secondary N) is 2. The number of carbonyl (C=O) groups is 1. The molecule has 1 aromatic carbocycles. The molecule has 1 heterocycles. The molecule has 2 amide bonds. The van der Waals surface area contributed by atoms with Gasteiger partial charge in [0.15, 0.2) is 0 Å². The Bertz CT molecular complexity index is 780. The number of benzene rings is 1. The minimum absolute atomic E-state index is 0.0968. The van der Waals surface area contributed by atoms with Gasteiger partial charge in [-0.3, -0.25) is 4.98 Å². The molecular weight excluding hydrogens is 354 g/mol. The molecule has 28 heavy (non-hydrogen) atoms. The highest BCUT2D eigenvalue weighted by Gasteiger charge is 2.53. The second-order valence-electron chi connectivity index (χ2n) is 7.98. The number of pyridine rings is 1. The van der Waals surface area contributed by atoms with Crippen LogP contribution < -0.4 is 15.4 Å². The first kappa shape index (κ1) is 18.7. The topological polar surface area (TPSA) is 72.5 Å². The van der Waals surface area contributed by atoms with Crippen molar-refractivity contribution in [3.8, 4) is 5.75 Å². The van der Waals surface area contributed by atoms with Gasteiger partial charge in [-0.15, -0.1) is 0 Å². The molecule has 0 aliphatic heterocycles. The third-order valence-corrected chi connectivity index (χ3v) is 5.86. The second-order valence-corrected chi connectivity index (χ2v) is 7.98. The fraction of sp³-hybridized carbons (Fsp3) is 0.455. The minimum Gasteiger partial charge on any atom is -0.497 e. The van der Waals surface area contributed by atoms with Crippen molar-refractivity contribution >= 4 is 6.03 Å². The van der Waals surface area contributed by atoms with E-state index in [4.69, 9.17) is 9.47 Å². The summed E-state index contributed by atoms with van der Waals surface area (Å²) in [4.78, 5) is 16.1. The van der Waals surface area contributed by atoms with E-state index in [2.05, 4.69) is 15.6 Å². The van der Waals surface area contributed by atoms with Crippen molar-refractivity contribution < 1.29 is 14.3 Å². The van der Waals surface area contributed by atoms with Crippen LogP contribution >= 0.6 is 0 Å². The first-order valence-electron chi connectivity index (χ1n) is 9.82. The predicted octanol–water partition coefficient (Wildman–Crippen LogP) is 3.42. The molecule has 1 aromatic heterocycles. The summed E-state index contributed by atoms with van der Waals surface area (Å²) in [6.45, 7) is 1.16. The van der Waals surface area contributed by atoms with Gasteiger partial charge in [0.05, 0.1) is 19.8 Å². The number of ether oxygens (including phenoxy) is 2. The summed E-state index contributed by atoms with van der Waals surface area (Å²) in [5.74, 6) is 0.816. The number of nitrogens with zero attached hydrogens (tertiary/aromatic N) is 1. The molecule has 1 spiro atoms. The normalized spacial score (nSPS) is 25.5. The molecular formula is C22H27N3O3. The van der Waals surface area contributed by atoms with Gasteiger partial charge in [0, 0.05) is 25.0 Å². The van der Waals surface area contributed by atoms with Crippen molar-refractivity contribution in [2.24, 2.45) is 5.41 Å². The van der Waals surface area contributed by atoms with Crippen LogP contribution in [0.1, 0.15) is 36.8 Å². The van der Waals surface area contributed by atoms with Gasteiger partial charge >= 0.3 is 6.03 Å². The Morgan fingerprint density at radius 2 is 1.79 bits per heavy atom. The van der Waals surface area contributed by atoms with Crippen LogP contribution in [0.25, 0.3) is 0 Å². The van der Waals surface area contributed by atoms with Gasteiger partial charge in [-0.2, -0.15) is 0 Å². The molecule has 4 rings (SSSR count). The van der Waals surface area contributed by atoms with E-state index in [0.717, 1.165) is 42.6 Å². The monoisotopic (exact) mass is 381 g/mol. The maximum atomic E-state index is 12.1. The second kappa shape index (κ2) is 8.19. The van der Waals surface area contributed by atoms with E-state index in [1.807, 2.05) is 36.4 Å². The van der Waals surface area contributed by atoms with Crippen molar-refractivity contribution in [1.29, 1.82) is 0 Å². The van der Waals surface area contributed by atoms with Crippen LogP contribution in [0.4, 0.5) is 4.79 Å². The minimum atomic E-state index is -0.0968. The number of aromatic nitrogens is 1. The van der Waals surface area contributed by atoms with E-state index in [-0.39, 0.29) is 12.1 Å². The summed E-state index contributed by atoms with van der Waals surface area (Å²) in [5, 5.41) is 6.01. The van der Waals surface area contributed by atoms with Gasteiger partial charge in [-0.1, -0.05) is 12.1 Å². The number of hydrogen-bond donors (Lipinski definition) is 2. The van der Waals surface area contributed by atoms with Gasteiger partial charge in [0.25, 0.3) is 0 Å². The third kappa shape index (κ3) is 4.44. The largest absolute Gasteiger partial charge is 0.497 e. The molecule has 0 saturated heterocycles. The fourth-order valence-electron chi connectivity index (χ4n) is 4.30. The first-order valence-corrected chi connectivity index (χ1v) is 9.82. The van der Waals surface area contributed by atoms with E-state index in [9.17, 15) is 4.79 Å². The number of methoxy groups -OCH3 is 1. The maximum absolute atomic E-state index is 12.1. The van der Waals surface area contributed by atoms with E-state index in [1.165, 1.54) is 0 Å². The Balaban J connectivity index is 1.11. The van der Waals surface area contributed by atoms with Crippen LogP contribution in [-0.4, -0.2) is 30.3 Å². The molecule has 2 aromatic rings. The van der Waals surface area contributed by atoms with Crippen molar-refractivity contribution in [2.45, 2.75) is 51.0 Å². The molecule has 6 nitrogen and oxygen atoms in total. The number of rotatable bonds is 7. The van der Waals surface area contributed by atoms with E-state index >= 15 is 0 Å². The van der Waals surface area contributed by atoms with Crippen LogP contribution in [0.5, 0.6) is 5.75 Å². The SMILES string of the molecule is COc1ccc(CNC(=O)NC2CC3(C2)CC(OCc2ccncc2)C3)cc1. The van der Waals surface area contributed by atoms with Crippen LogP contribution in [0, 0.1) is 5.41 Å². The quantitative estimate of drug-likeness (QED) is 0.771. The van der Waals surface area contributed by atoms with Crippen LogP contribution in [0.2, 0.25) is 0 Å². The molecule has 6 heteroatoms. The molecule has 0 bridgehead atoms. The third-order valence-electron chi connectivity index (χ3n) is 5.86. The zero-order chi connectivity index (χ0) is 19.4. The Morgan fingerprint density at radius 3 is 2.46 bits per heavy atom. The lowest BCUT2D eigenvalue weighted by atomic mass is 9.53. The Labute approximate surface area is 165 Å². The van der Waals surface area contributed by atoms with Gasteiger partial charge in [-0.25, -0.2) is 4.79 Å². The average molecular weight is 381 g/mol. The van der Waals surface area contributed by atoms with Gasteiger partial charge in [0.1, 0.15) is 5.75 Å². The maximum Gasteiger partial charge on any atom is 0.315 e. The van der Waals surface area contributed by atoms with Crippen LogP contribution in [-0.2, 0) is 17.9 Å². The zero-order valence-electron chi connectivity index (χ0n) is 16.2. The Kier molecular flexibility index (Phi) is 5.48. The molecule has 2 aliphatic carbocycles. The standard InChI is InChI=1S/C22H27N3O3/c1-27-19-4-2-16(3-5-19)14-24-21(26)25-18-10-22(11-18)12-20(13-22)28-15-17-6-8-23-9-7-17/h2-9,18,20H,10-15H2,1H3,(H2,24,25,26). The molecule has 148 valence electrons. The van der Waals surface area contributed by atoms with Crippen LogP contribution in [0.3, 0.4) is 0 Å². The molecule has 2 aliphatic rings. The summed E-state index contributed by atoms with van der Waals surface area (Å²) < 4.78 is 11.1. The van der Waals surface area contributed by atoms with E-state index in [1.54, 1.807) is 19.5 Å². The zero-order valence-corrected chi connectivity index (χ0v) is 16.2. The van der Waals surface area contributed by atoms with Crippen molar-refractivity contribution in [3.05, 3.63) is 59.9 Å². The highest BCUT2D eigenvalue weighted by Crippen LogP contribution is 2.56. The van der Waals surface area contributed by atoms with Gasteiger partial charge in [0.2, 0.25) is 0 Å². The highest BCUT2D eigenvalue weighted by molar-refractivity contribution is 5.74. The summed E-state index contributed by atoms with van der Waals surface area (Å²) in [6, 6.07) is 11.9. The molecule has 2 saturated carbocycles. The predicted molar refractivity (Wildman–Crippen MR) is 106 cm³/mol. The van der Waals surface area contributed by atoms with E-state index in [0.29, 0.717) is 24.7 Å². The lowest BCUT2D eigenvalue weighted by molar-refractivity contribution is -0.131. The van der Waals surface area contributed by atoms with Crippen molar-refractivity contribution in [2.75, 3.05) is 7.11 Å². The summed E-state index contributed by atoms with van der Waals surface area (Å²) in [5.41, 5.74) is 2.60. The average Bonchev–Trinajstić information content (AvgIpc) is 2.67. The lowest BCUT2D eigenvalue weighted by Gasteiger charge is -2.57.